The van der Waals surface area contributed by atoms with Crippen molar-refractivity contribution in [2.24, 2.45) is 11.3 Å². The van der Waals surface area contributed by atoms with Gasteiger partial charge in [-0.3, -0.25) is 24.1 Å². The molecular formula is C33H47N5O6S. The van der Waals surface area contributed by atoms with Crippen LogP contribution >= 0.6 is 11.3 Å². The zero-order valence-electron chi connectivity index (χ0n) is 26.9. The molecule has 0 saturated carbocycles. The molecule has 1 aromatic heterocycles. The Bertz CT molecular complexity index is 1320. The van der Waals surface area contributed by atoms with E-state index in [-0.39, 0.29) is 23.8 Å². The van der Waals surface area contributed by atoms with Gasteiger partial charge in [-0.15, -0.1) is 0 Å². The maximum Gasteiger partial charge on any atom is 0.258 e. The van der Waals surface area contributed by atoms with Crippen molar-refractivity contribution in [2.45, 2.75) is 77.7 Å². The number of thiophene rings is 1. The molecule has 4 atom stereocenters. The fourth-order valence-corrected chi connectivity index (χ4v) is 6.61. The minimum atomic E-state index is -1.29. The predicted octanol–water partition coefficient (Wildman–Crippen LogP) is 1.93. The van der Waals surface area contributed by atoms with Crippen LogP contribution in [0.25, 0.3) is 0 Å². The molecule has 1 saturated heterocycles. The van der Waals surface area contributed by atoms with Crippen LogP contribution < -0.4 is 20.7 Å². The van der Waals surface area contributed by atoms with E-state index in [1.54, 1.807) is 24.3 Å². The van der Waals surface area contributed by atoms with E-state index in [0.29, 0.717) is 18.7 Å². The number of amides is 4. The van der Waals surface area contributed by atoms with Crippen LogP contribution in [0, 0.1) is 11.3 Å². The number of piperidine rings is 1. The van der Waals surface area contributed by atoms with Crippen molar-refractivity contribution >= 4 is 35.0 Å². The number of likely N-dealkylation sites (tertiary alicyclic amines) is 1. The molecule has 1 fully saturated rings. The first-order valence-electron chi connectivity index (χ1n) is 15.6. The average molecular weight is 642 g/mol. The van der Waals surface area contributed by atoms with Crippen LogP contribution in [0.4, 0.5) is 0 Å². The molecule has 45 heavy (non-hydrogen) atoms. The third-order valence-electron chi connectivity index (χ3n) is 9.01. The number of hydrogen-bond acceptors (Lipinski definition) is 8. The monoisotopic (exact) mass is 641 g/mol. The first kappa shape index (κ1) is 34.4. The summed E-state index contributed by atoms with van der Waals surface area (Å²) in [5.41, 5.74) is 2.10. The smallest absolute Gasteiger partial charge is 0.258 e. The second-order valence-electron chi connectivity index (χ2n) is 12.9. The highest BCUT2D eigenvalue weighted by Gasteiger charge is 2.38. The van der Waals surface area contributed by atoms with Crippen molar-refractivity contribution in [3.8, 4) is 5.75 Å². The van der Waals surface area contributed by atoms with Crippen LogP contribution in [0.2, 0.25) is 0 Å². The van der Waals surface area contributed by atoms with Gasteiger partial charge in [0.15, 0.2) is 6.61 Å². The highest BCUT2D eigenvalue weighted by molar-refractivity contribution is 7.07. The van der Waals surface area contributed by atoms with Crippen LogP contribution in [-0.4, -0.2) is 96.1 Å². The Morgan fingerprint density at radius 2 is 1.78 bits per heavy atom. The zero-order valence-corrected chi connectivity index (χ0v) is 27.7. The Hall–Kier alpha value is -3.48. The van der Waals surface area contributed by atoms with E-state index in [2.05, 4.69) is 37.7 Å². The maximum atomic E-state index is 13.6. The summed E-state index contributed by atoms with van der Waals surface area (Å²) < 4.78 is 5.80. The lowest BCUT2D eigenvalue weighted by Gasteiger charge is -2.42. The number of benzene rings is 1. The van der Waals surface area contributed by atoms with Gasteiger partial charge in [0.1, 0.15) is 23.9 Å². The SMILES string of the molecule is CC(C)[C@H]1NC(=O)[C@H](C)N(C)C(=O)[C@H]([C@@H](C)O)NC(=O)COc2cccc(c2)CC2(CCN(Cc3ccsc3)CC2)CNC1=O. The summed E-state index contributed by atoms with van der Waals surface area (Å²) >= 11 is 1.70. The van der Waals surface area contributed by atoms with Gasteiger partial charge in [0, 0.05) is 20.1 Å². The molecule has 4 amide bonds. The topological polar surface area (TPSA) is 140 Å². The second kappa shape index (κ2) is 15.2. The predicted molar refractivity (Wildman–Crippen MR) is 173 cm³/mol. The summed E-state index contributed by atoms with van der Waals surface area (Å²) in [6.07, 6.45) is 1.21. The normalized spacial score (nSPS) is 25.0. The number of hydrogen-bond donors (Lipinski definition) is 4. The van der Waals surface area contributed by atoms with Gasteiger partial charge in [0.2, 0.25) is 17.7 Å². The Morgan fingerprint density at radius 1 is 1.04 bits per heavy atom. The fraction of sp³-hybridized carbons (Fsp3) is 0.576. The molecule has 1 aromatic carbocycles. The minimum absolute atomic E-state index is 0.210. The summed E-state index contributed by atoms with van der Waals surface area (Å²) in [4.78, 5) is 56.7. The van der Waals surface area contributed by atoms with Gasteiger partial charge in [0.05, 0.1) is 6.10 Å². The lowest BCUT2D eigenvalue weighted by Crippen LogP contribution is -2.59. The molecule has 12 heteroatoms. The molecule has 0 radical (unpaired) electrons. The Kier molecular flexibility index (Phi) is 11.6. The highest BCUT2D eigenvalue weighted by atomic mass is 32.1. The Balaban J connectivity index is 1.61. The van der Waals surface area contributed by atoms with Gasteiger partial charge in [-0.2, -0.15) is 11.3 Å². The number of likely N-dealkylation sites (N-methyl/N-ethyl adjacent to an activating group) is 1. The summed E-state index contributed by atoms with van der Waals surface area (Å²) in [7, 11) is 1.43. The molecular weight excluding hydrogens is 594 g/mol. The van der Waals surface area contributed by atoms with E-state index in [1.807, 2.05) is 32.0 Å². The van der Waals surface area contributed by atoms with Crippen molar-refractivity contribution in [3.05, 3.63) is 52.2 Å². The number of nitrogens with zero attached hydrogens (tertiary/aromatic N) is 2. The third kappa shape index (κ3) is 9.05. The number of carbonyl (C=O) groups excluding carboxylic acids is 4. The number of rotatable bonds is 4. The van der Waals surface area contributed by atoms with Gasteiger partial charge >= 0.3 is 0 Å². The van der Waals surface area contributed by atoms with E-state index < -0.39 is 42.0 Å². The number of nitrogens with one attached hydrogen (secondary N) is 3. The zero-order chi connectivity index (χ0) is 32.7. The molecule has 2 aliphatic heterocycles. The molecule has 0 unspecified atom stereocenters. The van der Waals surface area contributed by atoms with Gasteiger partial charge in [-0.05, 0) is 97.6 Å². The fourth-order valence-electron chi connectivity index (χ4n) is 5.95. The van der Waals surface area contributed by atoms with E-state index in [4.69, 9.17) is 4.74 Å². The number of aliphatic hydroxyl groups excluding tert-OH is 1. The Labute approximate surface area is 269 Å². The van der Waals surface area contributed by atoms with E-state index in [0.717, 1.165) is 38.0 Å². The molecule has 4 rings (SSSR count). The van der Waals surface area contributed by atoms with Crippen LogP contribution in [0.15, 0.2) is 41.1 Å². The van der Waals surface area contributed by atoms with Crippen LogP contribution in [0.5, 0.6) is 5.75 Å². The van der Waals surface area contributed by atoms with Gasteiger partial charge in [-0.25, -0.2) is 0 Å². The molecule has 1 spiro atoms. The molecule has 11 nitrogen and oxygen atoms in total. The number of ether oxygens (including phenoxy) is 1. The Morgan fingerprint density at radius 3 is 2.42 bits per heavy atom. The first-order chi connectivity index (χ1) is 21.4. The van der Waals surface area contributed by atoms with Crippen molar-refractivity contribution < 1.29 is 29.0 Å². The second-order valence-corrected chi connectivity index (χ2v) is 13.7. The van der Waals surface area contributed by atoms with Crippen LogP contribution in [0.1, 0.15) is 51.7 Å². The maximum absolute atomic E-state index is 13.6. The first-order valence-corrected chi connectivity index (χ1v) is 16.6. The molecule has 2 aromatic rings. The quantitative estimate of drug-likeness (QED) is 0.400. The third-order valence-corrected chi connectivity index (χ3v) is 9.74. The largest absolute Gasteiger partial charge is 0.484 e. The minimum Gasteiger partial charge on any atom is -0.484 e. The van der Waals surface area contributed by atoms with Gasteiger partial charge < -0.3 is 30.7 Å². The van der Waals surface area contributed by atoms with Crippen molar-refractivity contribution in [1.82, 2.24) is 25.8 Å². The van der Waals surface area contributed by atoms with Crippen molar-refractivity contribution in [3.63, 3.8) is 0 Å². The average Bonchev–Trinajstić information content (AvgIpc) is 3.53. The summed E-state index contributed by atoms with van der Waals surface area (Å²) in [5, 5.41) is 23.2. The molecule has 246 valence electrons. The highest BCUT2D eigenvalue weighted by Crippen LogP contribution is 2.36. The molecule has 0 aliphatic carbocycles. The van der Waals surface area contributed by atoms with E-state index in [9.17, 15) is 24.3 Å². The van der Waals surface area contributed by atoms with Crippen LogP contribution in [0.3, 0.4) is 0 Å². The summed E-state index contributed by atoms with van der Waals surface area (Å²) in [6, 6.07) is 6.66. The summed E-state index contributed by atoms with van der Waals surface area (Å²) in [5.74, 6) is -1.70. The number of aliphatic hydroxyl groups is 1. The van der Waals surface area contributed by atoms with Gasteiger partial charge in [0.25, 0.3) is 5.91 Å². The lowest BCUT2D eigenvalue weighted by atomic mass is 9.73. The number of fused-ring (bicyclic) bond motifs is 2. The molecule has 3 heterocycles. The van der Waals surface area contributed by atoms with Crippen molar-refractivity contribution in [2.75, 3.05) is 33.3 Å². The van der Waals surface area contributed by atoms with Crippen molar-refractivity contribution in [1.29, 1.82) is 0 Å². The van der Waals surface area contributed by atoms with Gasteiger partial charge in [-0.1, -0.05) is 26.0 Å². The standard InChI is InChI=1S/C33H47N5O6S/c1-21(2)28-31(42)34-20-33(10-12-38(13-11-33)17-25-9-14-45-19-25)16-24-7-6-8-26(15-24)44-18-27(40)35-29(23(4)39)32(43)37(5)22(3)30(41)36-28/h6-9,14-15,19,21-23,28-29,39H,10-13,16-18,20H2,1-5H3,(H,34,42)(H,35,40)(H,36,41)/t22-,23+,28+,29-/m0/s1. The molecule has 2 bridgehead atoms. The lowest BCUT2D eigenvalue weighted by molar-refractivity contribution is -0.144. The number of carbonyl (C=O) groups is 4. The van der Waals surface area contributed by atoms with E-state index >= 15 is 0 Å². The van der Waals surface area contributed by atoms with Crippen LogP contribution in [-0.2, 0) is 32.1 Å². The molecule has 2 aliphatic rings. The van der Waals surface area contributed by atoms with E-state index in [1.165, 1.54) is 24.4 Å². The molecule has 4 N–H and O–H groups in total. The summed E-state index contributed by atoms with van der Waals surface area (Å²) in [6.45, 7) is 9.41.